The Hall–Kier alpha value is -2.05. The normalized spacial score (nSPS) is 16.5. The molecule has 4 nitrogen and oxygen atoms in total. The van der Waals surface area contributed by atoms with Crippen LogP contribution in [0, 0.1) is 5.82 Å². The van der Waals surface area contributed by atoms with Gasteiger partial charge in [0, 0.05) is 19.3 Å². The average molecular weight is 346 g/mol. The van der Waals surface area contributed by atoms with Crippen LogP contribution in [0.25, 0.3) is 0 Å². The first-order chi connectivity index (χ1) is 11.6. The number of hydrogen-bond donors (Lipinski definition) is 0. The second-order valence-electron chi connectivity index (χ2n) is 5.77. The molecule has 0 bridgehead atoms. The van der Waals surface area contributed by atoms with Crippen molar-refractivity contribution in [1.82, 2.24) is 4.31 Å². The molecule has 1 aliphatic heterocycles. The van der Waals surface area contributed by atoms with Gasteiger partial charge in [-0.15, -0.1) is 0 Å². The molecule has 24 heavy (non-hydrogen) atoms. The predicted molar refractivity (Wildman–Crippen MR) is 92.7 cm³/mol. The van der Waals surface area contributed by atoms with Gasteiger partial charge in [0.15, 0.2) is 0 Å². The van der Waals surface area contributed by atoms with Crippen LogP contribution in [0.3, 0.4) is 0 Å². The van der Waals surface area contributed by atoms with Crippen molar-refractivity contribution in [2.75, 3.05) is 13.1 Å². The second-order valence-corrected chi connectivity index (χ2v) is 7.71. The van der Waals surface area contributed by atoms with Gasteiger partial charge in [0.1, 0.15) is 5.82 Å². The van der Waals surface area contributed by atoms with Crippen LogP contribution >= 0.6 is 0 Å². The quantitative estimate of drug-likeness (QED) is 0.792. The highest BCUT2D eigenvalue weighted by atomic mass is 32.2. The fourth-order valence-electron chi connectivity index (χ4n) is 2.66. The number of nitrogens with zero attached hydrogens (tertiary/aromatic N) is 2. The summed E-state index contributed by atoms with van der Waals surface area (Å²) in [5.41, 5.74) is 1.43. The predicted octanol–water partition coefficient (Wildman–Crippen LogP) is 3.75. The number of sulfonamides is 1. The van der Waals surface area contributed by atoms with Crippen molar-refractivity contribution in [3.05, 3.63) is 59.9 Å². The number of piperidine rings is 1. The van der Waals surface area contributed by atoms with Crippen molar-refractivity contribution < 1.29 is 12.8 Å². The molecule has 0 amide bonds. The van der Waals surface area contributed by atoms with Crippen molar-refractivity contribution in [3.8, 4) is 0 Å². The Morgan fingerprint density at radius 1 is 0.917 bits per heavy atom. The summed E-state index contributed by atoms with van der Waals surface area (Å²) in [6.07, 6.45) is 4.54. The largest absolute Gasteiger partial charge is 0.256 e. The third-order valence-corrected chi connectivity index (χ3v) is 5.94. The van der Waals surface area contributed by atoms with Crippen LogP contribution in [0.1, 0.15) is 24.8 Å². The zero-order chi connectivity index (χ0) is 17.0. The van der Waals surface area contributed by atoms with Gasteiger partial charge in [0.2, 0.25) is 10.0 Å². The van der Waals surface area contributed by atoms with Gasteiger partial charge in [0.05, 0.1) is 10.6 Å². The van der Waals surface area contributed by atoms with Crippen LogP contribution in [-0.4, -0.2) is 32.0 Å². The van der Waals surface area contributed by atoms with Crippen molar-refractivity contribution in [3.63, 3.8) is 0 Å². The van der Waals surface area contributed by atoms with Gasteiger partial charge in [-0.3, -0.25) is 4.99 Å². The summed E-state index contributed by atoms with van der Waals surface area (Å²) in [6, 6.07) is 12.5. The highest BCUT2D eigenvalue weighted by molar-refractivity contribution is 7.89. The van der Waals surface area contributed by atoms with Gasteiger partial charge in [-0.25, -0.2) is 12.8 Å². The Morgan fingerprint density at radius 2 is 1.54 bits per heavy atom. The van der Waals surface area contributed by atoms with E-state index in [1.807, 2.05) is 0 Å². The van der Waals surface area contributed by atoms with Crippen molar-refractivity contribution in [2.45, 2.75) is 24.2 Å². The number of rotatable bonds is 4. The number of benzene rings is 2. The molecule has 0 radical (unpaired) electrons. The Morgan fingerprint density at radius 3 is 2.17 bits per heavy atom. The van der Waals surface area contributed by atoms with E-state index < -0.39 is 10.0 Å². The smallest absolute Gasteiger partial charge is 0.243 e. The molecule has 6 heteroatoms. The molecule has 2 aromatic carbocycles. The SMILES string of the molecule is O=S(=O)(c1ccc(N=Cc2ccc(F)cc2)cc1)N1CCCCC1. The molecule has 1 fully saturated rings. The van der Waals surface area contributed by atoms with Crippen LogP contribution in [-0.2, 0) is 10.0 Å². The van der Waals surface area contributed by atoms with E-state index in [1.54, 1.807) is 46.9 Å². The van der Waals surface area contributed by atoms with Gasteiger partial charge < -0.3 is 0 Å². The molecule has 0 atom stereocenters. The Labute approximate surface area is 141 Å². The summed E-state index contributed by atoms with van der Waals surface area (Å²) in [4.78, 5) is 4.58. The first-order valence-electron chi connectivity index (χ1n) is 7.95. The monoisotopic (exact) mass is 346 g/mol. The average Bonchev–Trinajstić information content (AvgIpc) is 2.62. The minimum atomic E-state index is -3.41. The third kappa shape index (κ3) is 3.88. The Kier molecular flexibility index (Phi) is 5.06. The molecule has 2 aromatic rings. The van der Waals surface area contributed by atoms with E-state index in [9.17, 15) is 12.8 Å². The molecule has 0 aromatic heterocycles. The fourth-order valence-corrected chi connectivity index (χ4v) is 4.17. The maximum atomic E-state index is 12.9. The second kappa shape index (κ2) is 7.23. The van der Waals surface area contributed by atoms with Gasteiger partial charge >= 0.3 is 0 Å². The van der Waals surface area contributed by atoms with Gasteiger partial charge in [-0.05, 0) is 54.8 Å². The first-order valence-corrected chi connectivity index (χ1v) is 9.39. The van der Waals surface area contributed by atoms with E-state index >= 15 is 0 Å². The fraction of sp³-hybridized carbons (Fsp3) is 0.278. The maximum absolute atomic E-state index is 12.9. The van der Waals surface area contributed by atoms with Crippen molar-refractivity contribution in [1.29, 1.82) is 0 Å². The molecule has 0 unspecified atom stereocenters. The van der Waals surface area contributed by atoms with Gasteiger partial charge in [0.25, 0.3) is 0 Å². The third-order valence-electron chi connectivity index (χ3n) is 4.02. The van der Waals surface area contributed by atoms with Crippen LogP contribution < -0.4 is 0 Å². The van der Waals surface area contributed by atoms with Gasteiger partial charge in [-0.2, -0.15) is 4.31 Å². The van der Waals surface area contributed by atoms with Crippen LogP contribution in [0.4, 0.5) is 10.1 Å². The Bertz CT molecular complexity index is 809. The van der Waals surface area contributed by atoms with E-state index in [4.69, 9.17) is 0 Å². The standard InChI is InChI=1S/C18H19FN2O2S/c19-16-6-4-15(5-7-16)14-20-17-8-10-18(11-9-17)24(22,23)21-12-2-1-3-13-21/h4-11,14H,1-3,12-13H2. The van der Waals surface area contributed by atoms with Crippen LogP contribution in [0.2, 0.25) is 0 Å². The first kappa shape index (κ1) is 16.8. The molecule has 1 aliphatic rings. The summed E-state index contributed by atoms with van der Waals surface area (Å²) in [5.74, 6) is -0.292. The molecule has 1 saturated heterocycles. The lowest BCUT2D eigenvalue weighted by atomic mass is 10.2. The number of aliphatic imine (C=N–C) groups is 1. The summed E-state index contributed by atoms with van der Waals surface area (Å²) in [5, 5.41) is 0. The molecule has 1 heterocycles. The Balaban J connectivity index is 1.74. The minimum absolute atomic E-state index is 0.292. The molecular weight excluding hydrogens is 327 g/mol. The zero-order valence-electron chi connectivity index (χ0n) is 13.2. The highest BCUT2D eigenvalue weighted by Gasteiger charge is 2.25. The number of halogens is 1. The lowest BCUT2D eigenvalue weighted by Gasteiger charge is -2.25. The molecule has 0 N–H and O–H groups in total. The molecule has 0 aliphatic carbocycles. The van der Waals surface area contributed by atoms with Crippen LogP contribution in [0.5, 0.6) is 0 Å². The molecule has 0 spiro atoms. The van der Waals surface area contributed by atoms with Crippen molar-refractivity contribution in [2.24, 2.45) is 4.99 Å². The van der Waals surface area contributed by atoms with E-state index in [2.05, 4.69) is 4.99 Å². The molecule has 3 rings (SSSR count). The van der Waals surface area contributed by atoms with E-state index in [-0.39, 0.29) is 5.82 Å². The van der Waals surface area contributed by atoms with E-state index in [0.717, 1.165) is 24.8 Å². The van der Waals surface area contributed by atoms with E-state index in [1.165, 1.54) is 12.1 Å². The summed E-state index contributed by atoms with van der Waals surface area (Å²) >= 11 is 0. The zero-order valence-corrected chi connectivity index (χ0v) is 14.0. The molecule has 0 saturated carbocycles. The van der Waals surface area contributed by atoms with Crippen LogP contribution in [0.15, 0.2) is 58.4 Å². The summed E-state index contributed by atoms with van der Waals surface area (Å²) < 4.78 is 39.5. The maximum Gasteiger partial charge on any atom is 0.243 e. The van der Waals surface area contributed by atoms with E-state index in [0.29, 0.717) is 23.7 Å². The lowest BCUT2D eigenvalue weighted by molar-refractivity contribution is 0.346. The summed E-state index contributed by atoms with van der Waals surface area (Å²) in [6.45, 7) is 1.18. The topological polar surface area (TPSA) is 49.7 Å². The molecular formula is C18H19FN2O2S. The molecule has 126 valence electrons. The lowest BCUT2D eigenvalue weighted by Crippen LogP contribution is -2.35. The number of hydrogen-bond acceptors (Lipinski definition) is 3. The minimum Gasteiger partial charge on any atom is -0.256 e. The summed E-state index contributed by atoms with van der Waals surface area (Å²) in [7, 11) is -3.41. The highest BCUT2D eigenvalue weighted by Crippen LogP contribution is 2.22. The van der Waals surface area contributed by atoms with Gasteiger partial charge in [-0.1, -0.05) is 18.6 Å². The van der Waals surface area contributed by atoms with Crippen molar-refractivity contribution >= 4 is 21.9 Å².